The first kappa shape index (κ1) is 12.0. The zero-order valence-corrected chi connectivity index (χ0v) is 11.3. The number of fused-ring (bicyclic) bond motifs is 2. The molecule has 3 rings (SSSR count). The standard InChI is InChI=1S/C15H28N2/c1-12(14-3-2-7-16-10-14)6-8-17-11-13-4-5-15(17)9-13/h12-16H,2-11H2,1H3. The molecule has 0 aromatic carbocycles. The summed E-state index contributed by atoms with van der Waals surface area (Å²) in [5, 5.41) is 3.56. The van der Waals surface area contributed by atoms with Crippen molar-refractivity contribution >= 4 is 0 Å². The van der Waals surface area contributed by atoms with Gasteiger partial charge in [0.15, 0.2) is 0 Å². The molecule has 4 atom stereocenters. The topological polar surface area (TPSA) is 15.3 Å². The first-order chi connectivity index (χ1) is 8.33. The van der Waals surface area contributed by atoms with Crippen LogP contribution < -0.4 is 5.32 Å². The van der Waals surface area contributed by atoms with Crippen LogP contribution in [0.2, 0.25) is 0 Å². The minimum atomic E-state index is 0.918. The van der Waals surface area contributed by atoms with Gasteiger partial charge in [-0.1, -0.05) is 6.92 Å². The highest BCUT2D eigenvalue weighted by Gasteiger charge is 2.37. The third-order valence-corrected chi connectivity index (χ3v) is 5.53. The Morgan fingerprint density at radius 2 is 2.24 bits per heavy atom. The van der Waals surface area contributed by atoms with Gasteiger partial charge in [-0.2, -0.15) is 0 Å². The van der Waals surface area contributed by atoms with Gasteiger partial charge < -0.3 is 10.2 Å². The average Bonchev–Trinajstić information content (AvgIpc) is 2.99. The molecule has 0 amide bonds. The second-order valence-corrected chi connectivity index (χ2v) is 6.70. The monoisotopic (exact) mass is 236 g/mol. The number of likely N-dealkylation sites (tertiary alicyclic amines) is 1. The Bertz CT molecular complexity index is 247. The van der Waals surface area contributed by atoms with E-state index in [1.54, 1.807) is 0 Å². The number of hydrogen-bond donors (Lipinski definition) is 1. The molecule has 2 bridgehead atoms. The Morgan fingerprint density at radius 1 is 1.29 bits per heavy atom. The van der Waals surface area contributed by atoms with Crippen molar-refractivity contribution in [3.8, 4) is 0 Å². The molecule has 98 valence electrons. The molecule has 2 heteroatoms. The number of nitrogens with zero attached hydrogens (tertiary/aromatic N) is 1. The molecule has 0 spiro atoms. The summed E-state index contributed by atoms with van der Waals surface area (Å²) >= 11 is 0. The van der Waals surface area contributed by atoms with E-state index in [4.69, 9.17) is 0 Å². The van der Waals surface area contributed by atoms with Crippen molar-refractivity contribution in [3.05, 3.63) is 0 Å². The summed E-state index contributed by atoms with van der Waals surface area (Å²) < 4.78 is 0. The first-order valence-corrected chi connectivity index (χ1v) is 7.77. The van der Waals surface area contributed by atoms with E-state index in [0.29, 0.717) is 0 Å². The Labute approximate surface area is 106 Å². The van der Waals surface area contributed by atoms with Crippen molar-refractivity contribution in [2.45, 2.75) is 51.5 Å². The minimum Gasteiger partial charge on any atom is -0.316 e. The zero-order chi connectivity index (χ0) is 11.7. The molecule has 1 N–H and O–H groups in total. The highest BCUT2D eigenvalue weighted by atomic mass is 15.2. The molecule has 2 heterocycles. The molecule has 0 aromatic heterocycles. The molecule has 0 aromatic rings. The fraction of sp³-hybridized carbons (Fsp3) is 1.00. The van der Waals surface area contributed by atoms with Gasteiger partial charge in [0.25, 0.3) is 0 Å². The van der Waals surface area contributed by atoms with Crippen molar-refractivity contribution in [2.75, 3.05) is 26.2 Å². The van der Waals surface area contributed by atoms with Crippen LogP contribution in [0.25, 0.3) is 0 Å². The van der Waals surface area contributed by atoms with Crippen LogP contribution in [-0.4, -0.2) is 37.1 Å². The Balaban J connectivity index is 1.41. The number of hydrogen-bond acceptors (Lipinski definition) is 2. The van der Waals surface area contributed by atoms with Crippen molar-refractivity contribution in [1.29, 1.82) is 0 Å². The van der Waals surface area contributed by atoms with E-state index in [1.807, 2.05) is 0 Å². The Kier molecular flexibility index (Phi) is 3.72. The maximum Gasteiger partial charge on any atom is 0.00985 e. The molecule has 4 unspecified atom stereocenters. The molecule has 1 aliphatic carbocycles. The molecule has 2 aliphatic heterocycles. The van der Waals surface area contributed by atoms with Gasteiger partial charge in [0.05, 0.1) is 0 Å². The van der Waals surface area contributed by atoms with Crippen LogP contribution >= 0.6 is 0 Å². The highest BCUT2D eigenvalue weighted by Crippen LogP contribution is 2.37. The van der Waals surface area contributed by atoms with E-state index >= 15 is 0 Å². The number of rotatable bonds is 4. The van der Waals surface area contributed by atoms with E-state index in [9.17, 15) is 0 Å². The minimum absolute atomic E-state index is 0.918. The molecule has 0 radical (unpaired) electrons. The largest absolute Gasteiger partial charge is 0.316 e. The van der Waals surface area contributed by atoms with Gasteiger partial charge >= 0.3 is 0 Å². The summed E-state index contributed by atoms with van der Waals surface area (Å²) in [4.78, 5) is 2.79. The average molecular weight is 236 g/mol. The highest BCUT2D eigenvalue weighted by molar-refractivity contribution is 4.92. The molecule has 2 saturated heterocycles. The summed E-state index contributed by atoms with van der Waals surface area (Å²) in [5.74, 6) is 2.93. The smallest absolute Gasteiger partial charge is 0.00985 e. The van der Waals surface area contributed by atoms with Crippen molar-refractivity contribution < 1.29 is 0 Å². The summed E-state index contributed by atoms with van der Waals surface area (Å²) in [5.41, 5.74) is 0. The van der Waals surface area contributed by atoms with Gasteiger partial charge in [-0.15, -0.1) is 0 Å². The maximum absolute atomic E-state index is 3.56. The lowest BCUT2D eigenvalue weighted by Crippen LogP contribution is -2.37. The molecular formula is C15H28N2. The molecule has 3 aliphatic rings. The predicted octanol–water partition coefficient (Wildman–Crippen LogP) is 2.50. The van der Waals surface area contributed by atoms with Gasteiger partial charge in [-0.25, -0.2) is 0 Å². The van der Waals surface area contributed by atoms with Crippen molar-refractivity contribution in [3.63, 3.8) is 0 Å². The van der Waals surface area contributed by atoms with E-state index in [0.717, 1.165) is 23.8 Å². The normalized spacial score (nSPS) is 39.7. The van der Waals surface area contributed by atoms with Gasteiger partial charge in [0.2, 0.25) is 0 Å². The summed E-state index contributed by atoms with van der Waals surface area (Å²) in [6.45, 7) is 7.79. The van der Waals surface area contributed by atoms with Gasteiger partial charge in [0, 0.05) is 12.6 Å². The fourth-order valence-electron chi connectivity index (χ4n) is 4.27. The number of nitrogens with one attached hydrogen (secondary N) is 1. The molecule has 2 nitrogen and oxygen atoms in total. The lowest BCUT2D eigenvalue weighted by molar-refractivity contribution is 0.179. The van der Waals surface area contributed by atoms with Crippen LogP contribution in [0.15, 0.2) is 0 Å². The number of piperidine rings is 2. The first-order valence-electron chi connectivity index (χ1n) is 7.77. The third kappa shape index (κ3) is 2.68. The van der Waals surface area contributed by atoms with Gasteiger partial charge in [0.1, 0.15) is 0 Å². The lowest BCUT2D eigenvalue weighted by atomic mass is 9.85. The molecule has 1 saturated carbocycles. The quantitative estimate of drug-likeness (QED) is 0.807. The van der Waals surface area contributed by atoms with E-state index in [-0.39, 0.29) is 0 Å². The van der Waals surface area contributed by atoms with Crippen molar-refractivity contribution in [2.24, 2.45) is 17.8 Å². The van der Waals surface area contributed by atoms with E-state index < -0.39 is 0 Å². The zero-order valence-electron chi connectivity index (χ0n) is 11.3. The van der Waals surface area contributed by atoms with Crippen LogP contribution in [0.4, 0.5) is 0 Å². The second-order valence-electron chi connectivity index (χ2n) is 6.70. The SMILES string of the molecule is CC(CCN1CC2CCC1C2)C1CCCNC1. The maximum atomic E-state index is 3.56. The van der Waals surface area contributed by atoms with Gasteiger partial charge in [-0.05, 0) is 75.9 Å². The molecule has 3 fully saturated rings. The van der Waals surface area contributed by atoms with Crippen LogP contribution in [-0.2, 0) is 0 Å². The third-order valence-electron chi connectivity index (χ3n) is 5.53. The molecule has 17 heavy (non-hydrogen) atoms. The van der Waals surface area contributed by atoms with Crippen molar-refractivity contribution in [1.82, 2.24) is 10.2 Å². The lowest BCUT2D eigenvalue weighted by Gasteiger charge is -2.32. The van der Waals surface area contributed by atoms with Gasteiger partial charge in [-0.3, -0.25) is 0 Å². The Morgan fingerprint density at radius 3 is 2.88 bits per heavy atom. The predicted molar refractivity (Wildman–Crippen MR) is 72.1 cm³/mol. The summed E-state index contributed by atoms with van der Waals surface area (Å²) in [6, 6.07) is 0.969. The second kappa shape index (κ2) is 5.27. The van der Waals surface area contributed by atoms with Crippen LogP contribution in [0.5, 0.6) is 0 Å². The van der Waals surface area contributed by atoms with Crippen LogP contribution in [0.1, 0.15) is 45.4 Å². The van der Waals surface area contributed by atoms with E-state index in [2.05, 4.69) is 17.1 Å². The fourth-order valence-corrected chi connectivity index (χ4v) is 4.27. The Hall–Kier alpha value is -0.0800. The van der Waals surface area contributed by atoms with Crippen LogP contribution in [0, 0.1) is 17.8 Å². The van der Waals surface area contributed by atoms with E-state index in [1.165, 1.54) is 64.7 Å². The summed E-state index contributed by atoms with van der Waals surface area (Å²) in [6.07, 6.45) is 8.80. The van der Waals surface area contributed by atoms with Crippen LogP contribution in [0.3, 0.4) is 0 Å². The molecular weight excluding hydrogens is 208 g/mol. The summed E-state index contributed by atoms with van der Waals surface area (Å²) in [7, 11) is 0.